The third-order valence-electron chi connectivity index (χ3n) is 2.90. The summed E-state index contributed by atoms with van der Waals surface area (Å²) in [4.78, 5) is 0. The highest BCUT2D eigenvalue weighted by Crippen LogP contribution is 2.28. The second-order valence-electron chi connectivity index (χ2n) is 4.26. The van der Waals surface area contributed by atoms with Crippen LogP contribution in [0.25, 0.3) is 0 Å². The maximum Gasteiger partial charge on any atom is 0.122 e. The summed E-state index contributed by atoms with van der Waals surface area (Å²) in [5, 5.41) is 9.81. The number of benzene rings is 1. The molecule has 16 heavy (non-hydrogen) atoms. The summed E-state index contributed by atoms with van der Waals surface area (Å²) in [6, 6.07) is 3.74. The van der Waals surface area contributed by atoms with E-state index in [9.17, 15) is 5.11 Å². The molecule has 1 aromatic carbocycles. The first kappa shape index (κ1) is 12.9. The van der Waals surface area contributed by atoms with Gasteiger partial charge in [0.05, 0.1) is 7.11 Å². The Kier molecular flexibility index (Phi) is 5.17. The molecule has 0 fully saturated rings. The van der Waals surface area contributed by atoms with E-state index in [-0.39, 0.29) is 0 Å². The fraction of sp³-hybridized carbons (Fsp3) is 0.571. The van der Waals surface area contributed by atoms with Crippen molar-refractivity contribution < 1.29 is 9.84 Å². The molecule has 0 atom stereocenters. The van der Waals surface area contributed by atoms with Gasteiger partial charge in [0, 0.05) is 0 Å². The topological polar surface area (TPSA) is 29.5 Å². The average molecular weight is 222 g/mol. The summed E-state index contributed by atoms with van der Waals surface area (Å²) in [7, 11) is 1.67. The summed E-state index contributed by atoms with van der Waals surface area (Å²) in [5.74, 6) is 1.26. The van der Waals surface area contributed by atoms with Gasteiger partial charge in [-0.05, 0) is 43.0 Å². The number of aromatic hydroxyl groups is 1. The minimum absolute atomic E-state index is 0.398. The van der Waals surface area contributed by atoms with Crippen molar-refractivity contribution in [1.82, 2.24) is 0 Å². The maximum atomic E-state index is 9.81. The Labute approximate surface area is 98.3 Å². The van der Waals surface area contributed by atoms with Crippen LogP contribution in [-0.2, 0) is 6.42 Å². The zero-order chi connectivity index (χ0) is 12.0. The third kappa shape index (κ3) is 3.44. The number of ether oxygens (including phenoxy) is 1. The van der Waals surface area contributed by atoms with Gasteiger partial charge in [0.15, 0.2) is 0 Å². The Morgan fingerprint density at radius 1 is 1.19 bits per heavy atom. The molecule has 90 valence electrons. The molecule has 0 radical (unpaired) electrons. The molecule has 0 bridgehead atoms. The highest BCUT2D eigenvalue weighted by Gasteiger charge is 2.06. The number of aryl methyl sites for hydroxylation is 2. The number of rotatable bonds is 6. The summed E-state index contributed by atoms with van der Waals surface area (Å²) in [6.07, 6.45) is 5.80. The first-order chi connectivity index (χ1) is 7.69. The normalized spacial score (nSPS) is 10.4. The van der Waals surface area contributed by atoms with Crippen LogP contribution in [0.3, 0.4) is 0 Å². The van der Waals surface area contributed by atoms with Crippen molar-refractivity contribution in [2.24, 2.45) is 0 Å². The number of phenols is 1. The minimum atomic E-state index is 0.398. The van der Waals surface area contributed by atoms with Crippen molar-refractivity contribution in [2.75, 3.05) is 7.11 Å². The first-order valence-electron chi connectivity index (χ1n) is 6.05. The van der Waals surface area contributed by atoms with E-state index < -0.39 is 0 Å². The monoisotopic (exact) mass is 222 g/mol. The van der Waals surface area contributed by atoms with Crippen molar-refractivity contribution in [1.29, 1.82) is 0 Å². The van der Waals surface area contributed by atoms with Crippen LogP contribution < -0.4 is 4.74 Å². The molecule has 0 unspecified atom stereocenters. The molecule has 2 nitrogen and oxygen atoms in total. The van der Waals surface area contributed by atoms with Gasteiger partial charge in [0.25, 0.3) is 0 Å². The fourth-order valence-electron chi connectivity index (χ4n) is 1.88. The molecule has 0 saturated carbocycles. The predicted octanol–water partition coefficient (Wildman–Crippen LogP) is 3.83. The van der Waals surface area contributed by atoms with E-state index in [1.54, 1.807) is 13.2 Å². The molecule has 0 spiro atoms. The highest BCUT2D eigenvalue weighted by molar-refractivity contribution is 5.45. The summed E-state index contributed by atoms with van der Waals surface area (Å²) in [5.41, 5.74) is 1.98. The van der Waals surface area contributed by atoms with Crippen LogP contribution in [0, 0.1) is 6.92 Å². The van der Waals surface area contributed by atoms with Crippen molar-refractivity contribution in [3.05, 3.63) is 23.3 Å². The van der Waals surface area contributed by atoms with Crippen LogP contribution in [0.1, 0.15) is 43.7 Å². The molecular weight excluding hydrogens is 200 g/mol. The second-order valence-corrected chi connectivity index (χ2v) is 4.26. The lowest BCUT2D eigenvalue weighted by Crippen LogP contribution is -1.92. The Morgan fingerprint density at radius 2 is 1.94 bits per heavy atom. The number of hydrogen-bond donors (Lipinski definition) is 1. The highest BCUT2D eigenvalue weighted by atomic mass is 16.5. The Hall–Kier alpha value is -1.18. The Morgan fingerprint density at radius 3 is 2.56 bits per heavy atom. The minimum Gasteiger partial charge on any atom is -0.508 e. The maximum absolute atomic E-state index is 9.81. The van der Waals surface area contributed by atoms with Crippen LogP contribution in [0.2, 0.25) is 0 Å². The van der Waals surface area contributed by atoms with Gasteiger partial charge in [-0.1, -0.05) is 26.2 Å². The van der Waals surface area contributed by atoms with Gasteiger partial charge in [-0.15, -0.1) is 0 Å². The van der Waals surface area contributed by atoms with Gasteiger partial charge >= 0.3 is 0 Å². The lowest BCUT2D eigenvalue weighted by molar-refractivity contribution is 0.407. The lowest BCUT2D eigenvalue weighted by atomic mass is 10.0. The van der Waals surface area contributed by atoms with Gasteiger partial charge in [-0.3, -0.25) is 0 Å². The van der Waals surface area contributed by atoms with E-state index >= 15 is 0 Å². The van der Waals surface area contributed by atoms with Gasteiger partial charge in [-0.2, -0.15) is 0 Å². The van der Waals surface area contributed by atoms with Gasteiger partial charge in [0.1, 0.15) is 11.5 Å². The molecule has 1 rings (SSSR count). The van der Waals surface area contributed by atoms with Gasteiger partial charge in [-0.25, -0.2) is 0 Å². The van der Waals surface area contributed by atoms with E-state index in [1.807, 2.05) is 13.0 Å². The van der Waals surface area contributed by atoms with Crippen molar-refractivity contribution >= 4 is 0 Å². The molecule has 0 aliphatic carbocycles. The summed E-state index contributed by atoms with van der Waals surface area (Å²) in [6.45, 7) is 4.14. The van der Waals surface area contributed by atoms with Crippen molar-refractivity contribution in [3.8, 4) is 11.5 Å². The molecule has 0 amide bonds. The zero-order valence-electron chi connectivity index (χ0n) is 10.5. The van der Waals surface area contributed by atoms with E-state index in [0.717, 1.165) is 29.7 Å². The average Bonchev–Trinajstić information content (AvgIpc) is 2.27. The van der Waals surface area contributed by atoms with E-state index in [2.05, 4.69) is 6.92 Å². The molecule has 0 aliphatic heterocycles. The quantitative estimate of drug-likeness (QED) is 0.741. The molecule has 0 heterocycles. The molecule has 1 N–H and O–H groups in total. The molecule has 1 aromatic rings. The number of methoxy groups -OCH3 is 1. The van der Waals surface area contributed by atoms with Crippen molar-refractivity contribution in [2.45, 2.75) is 46.0 Å². The number of phenolic OH excluding ortho intramolecular Hbond substituents is 1. The molecular formula is C14H22O2. The Bertz CT molecular complexity index is 332. The van der Waals surface area contributed by atoms with Gasteiger partial charge in [0.2, 0.25) is 0 Å². The van der Waals surface area contributed by atoms with Crippen LogP contribution in [0.4, 0.5) is 0 Å². The summed E-state index contributed by atoms with van der Waals surface area (Å²) >= 11 is 0. The van der Waals surface area contributed by atoms with Gasteiger partial charge < -0.3 is 9.84 Å². The standard InChI is InChI=1S/C14H22O2/c1-4-5-6-7-8-12-10-14(16-3)11(2)9-13(12)15/h9-10,15H,4-8H2,1-3H3. The third-order valence-corrected chi connectivity index (χ3v) is 2.90. The first-order valence-corrected chi connectivity index (χ1v) is 6.05. The predicted molar refractivity (Wildman–Crippen MR) is 67.2 cm³/mol. The number of hydrogen-bond acceptors (Lipinski definition) is 2. The molecule has 0 aliphatic rings. The van der Waals surface area contributed by atoms with Crippen LogP contribution in [-0.4, -0.2) is 12.2 Å². The van der Waals surface area contributed by atoms with E-state index in [1.165, 1.54) is 19.3 Å². The number of unbranched alkanes of at least 4 members (excludes halogenated alkanes) is 3. The van der Waals surface area contributed by atoms with Crippen LogP contribution in [0.5, 0.6) is 11.5 Å². The van der Waals surface area contributed by atoms with Crippen LogP contribution in [0.15, 0.2) is 12.1 Å². The Balaban J connectivity index is 2.64. The van der Waals surface area contributed by atoms with E-state index in [0.29, 0.717) is 5.75 Å². The van der Waals surface area contributed by atoms with Crippen LogP contribution >= 0.6 is 0 Å². The largest absolute Gasteiger partial charge is 0.508 e. The lowest BCUT2D eigenvalue weighted by Gasteiger charge is -2.10. The SMILES string of the molecule is CCCCCCc1cc(OC)c(C)cc1O. The van der Waals surface area contributed by atoms with E-state index in [4.69, 9.17) is 4.74 Å². The smallest absolute Gasteiger partial charge is 0.122 e. The van der Waals surface area contributed by atoms with Crippen molar-refractivity contribution in [3.63, 3.8) is 0 Å². The summed E-state index contributed by atoms with van der Waals surface area (Å²) < 4.78 is 5.26. The molecule has 2 heteroatoms. The second kappa shape index (κ2) is 6.41. The zero-order valence-corrected chi connectivity index (χ0v) is 10.5. The fourth-order valence-corrected chi connectivity index (χ4v) is 1.88. The molecule has 0 saturated heterocycles. The molecule has 0 aromatic heterocycles.